The molecule has 5 heteroatoms. The topological polar surface area (TPSA) is 62.3 Å². The number of aromatic nitrogens is 1. The molecule has 0 aromatic carbocycles. The largest absolute Gasteiger partial charge is 0.348 e. The van der Waals surface area contributed by atoms with Crippen LogP contribution in [0, 0.1) is 0 Å². The van der Waals surface area contributed by atoms with Gasteiger partial charge < -0.3 is 10.2 Å². The Bertz CT molecular complexity index is 459. The highest BCUT2D eigenvalue weighted by atomic mass is 16.2. The first-order chi connectivity index (χ1) is 8.70. The van der Waals surface area contributed by atoms with Crippen LogP contribution in [0.25, 0.3) is 0 Å². The molecule has 1 atom stereocenters. The minimum atomic E-state index is -0.196. The van der Waals surface area contributed by atoms with E-state index >= 15 is 0 Å². The van der Waals surface area contributed by atoms with E-state index in [4.69, 9.17) is 0 Å². The van der Waals surface area contributed by atoms with Crippen molar-refractivity contribution in [3.8, 4) is 0 Å². The zero-order valence-electron chi connectivity index (χ0n) is 10.0. The minimum absolute atomic E-state index is 0.0151. The Hall–Kier alpha value is -2.17. The number of amides is 2. The smallest absolute Gasteiger partial charge is 0.254 e. The van der Waals surface area contributed by atoms with Gasteiger partial charge >= 0.3 is 0 Å². The van der Waals surface area contributed by atoms with E-state index < -0.39 is 0 Å². The van der Waals surface area contributed by atoms with Crippen LogP contribution in [0.4, 0.5) is 0 Å². The fourth-order valence-corrected chi connectivity index (χ4v) is 2.00. The fraction of sp³-hybridized carbons (Fsp3) is 0.308. The maximum absolute atomic E-state index is 12.1. The summed E-state index contributed by atoms with van der Waals surface area (Å²) in [5, 5.41) is 2.80. The van der Waals surface area contributed by atoms with Gasteiger partial charge in [0.15, 0.2) is 0 Å². The summed E-state index contributed by atoms with van der Waals surface area (Å²) in [6.07, 6.45) is 5.21. The molecule has 18 heavy (non-hydrogen) atoms. The van der Waals surface area contributed by atoms with E-state index in [1.807, 2.05) is 0 Å². The average molecular weight is 245 g/mol. The molecule has 1 N–H and O–H groups in total. The molecule has 1 aliphatic heterocycles. The van der Waals surface area contributed by atoms with Crippen LogP contribution in [0.5, 0.6) is 0 Å². The number of carbonyl (C=O) groups is 2. The Morgan fingerprint density at radius 3 is 2.83 bits per heavy atom. The van der Waals surface area contributed by atoms with Crippen LogP contribution >= 0.6 is 0 Å². The summed E-state index contributed by atoms with van der Waals surface area (Å²) in [6, 6.07) is 3.40. The van der Waals surface area contributed by atoms with Crippen LogP contribution in [0.1, 0.15) is 16.8 Å². The second kappa shape index (κ2) is 5.44. The Balaban J connectivity index is 1.95. The van der Waals surface area contributed by atoms with E-state index in [0.717, 1.165) is 6.42 Å². The summed E-state index contributed by atoms with van der Waals surface area (Å²) in [5.74, 6) is -0.217. The van der Waals surface area contributed by atoms with Crippen molar-refractivity contribution in [1.29, 1.82) is 0 Å². The van der Waals surface area contributed by atoms with Crippen LogP contribution in [0.3, 0.4) is 0 Å². The quantitative estimate of drug-likeness (QED) is 0.793. The highest BCUT2D eigenvalue weighted by Gasteiger charge is 2.27. The van der Waals surface area contributed by atoms with Crippen molar-refractivity contribution in [2.24, 2.45) is 0 Å². The van der Waals surface area contributed by atoms with E-state index in [-0.39, 0.29) is 17.9 Å². The zero-order chi connectivity index (χ0) is 13.0. The number of nitrogens with zero attached hydrogens (tertiary/aromatic N) is 2. The van der Waals surface area contributed by atoms with Crippen LogP contribution in [0.15, 0.2) is 37.2 Å². The van der Waals surface area contributed by atoms with Gasteiger partial charge in [0, 0.05) is 37.1 Å². The van der Waals surface area contributed by atoms with Gasteiger partial charge in [-0.05, 0) is 24.6 Å². The van der Waals surface area contributed by atoms with Crippen LogP contribution in [-0.2, 0) is 4.79 Å². The molecule has 94 valence electrons. The van der Waals surface area contributed by atoms with Gasteiger partial charge in [-0.3, -0.25) is 14.6 Å². The molecule has 0 bridgehead atoms. The molecule has 2 amide bonds. The number of pyridine rings is 1. The van der Waals surface area contributed by atoms with Crippen LogP contribution in [0.2, 0.25) is 0 Å². The summed E-state index contributed by atoms with van der Waals surface area (Å²) in [5.41, 5.74) is 0.626. The van der Waals surface area contributed by atoms with Crippen LogP contribution < -0.4 is 5.32 Å². The lowest BCUT2D eigenvalue weighted by molar-refractivity contribution is -0.117. The maximum Gasteiger partial charge on any atom is 0.254 e. The predicted molar refractivity (Wildman–Crippen MR) is 66.9 cm³/mol. The van der Waals surface area contributed by atoms with E-state index in [2.05, 4.69) is 16.9 Å². The molecule has 5 nitrogen and oxygen atoms in total. The molecule has 0 saturated carbocycles. The molecule has 1 aromatic rings. The predicted octanol–water partition coefficient (Wildman–Crippen LogP) is 0.598. The molecule has 1 aromatic heterocycles. The van der Waals surface area contributed by atoms with Crippen molar-refractivity contribution in [1.82, 2.24) is 15.2 Å². The first kappa shape index (κ1) is 12.3. The zero-order valence-corrected chi connectivity index (χ0v) is 10.0. The molecule has 2 heterocycles. The summed E-state index contributed by atoms with van der Waals surface area (Å²) in [6.45, 7) is 4.60. The molecule has 0 spiro atoms. The second-order valence-corrected chi connectivity index (χ2v) is 4.19. The van der Waals surface area contributed by atoms with Crippen molar-refractivity contribution in [2.45, 2.75) is 12.5 Å². The number of nitrogens with one attached hydrogen (secondary N) is 1. The van der Waals surface area contributed by atoms with Gasteiger partial charge in [0.2, 0.25) is 5.91 Å². The van der Waals surface area contributed by atoms with E-state index in [9.17, 15) is 9.59 Å². The van der Waals surface area contributed by atoms with Gasteiger partial charge in [0.05, 0.1) is 0 Å². The van der Waals surface area contributed by atoms with Crippen molar-refractivity contribution in [2.75, 3.05) is 13.1 Å². The van der Waals surface area contributed by atoms with Crippen LogP contribution in [-0.4, -0.2) is 40.8 Å². The van der Waals surface area contributed by atoms with Gasteiger partial charge in [0.1, 0.15) is 0 Å². The SMILES string of the molecule is C=CC(=O)NC1CCN(C(=O)c2ccncc2)C1. The molecule has 0 radical (unpaired) electrons. The van der Waals surface area contributed by atoms with Gasteiger partial charge in [-0.25, -0.2) is 0 Å². The highest BCUT2D eigenvalue weighted by Crippen LogP contribution is 2.13. The summed E-state index contributed by atoms with van der Waals surface area (Å²) < 4.78 is 0. The number of hydrogen-bond acceptors (Lipinski definition) is 3. The number of rotatable bonds is 3. The second-order valence-electron chi connectivity index (χ2n) is 4.19. The highest BCUT2D eigenvalue weighted by molar-refractivity contribution is 5.94. The minimum Gasteiger partial charge on any atom is -0.348 e. The molecule has 2 rings (SSSR count). The lowest BCUT2D eigenvalue weighted by atomic mass is 10.2. The number of carbonyl (C=O) groups excluding carboxylic acids is 2. The molecule has 1 fully saturated rings. The Morgan fingerprint density at radius 2 is 2.17 bits per heavy atom. The average Bonchev–Trinajstić information content (AvgIpc) is 2.87. The molecular formula is C13H15N3O2. The summed E-state index contributed by atoms with van der Waals surface area (Å²) >= 11 is 0. The molecule has 1 unspecified atom stereocenters. The van der Waals surface area contributed by atoms with Gasteiger partial charge in [0.25, 0.3) is 5.91 Å². The van der Waals surface area contributed by atoms with E-state index in [1.54, 1.807) is 29.4 Å². The Labute approximate surface area is 106 Å². The van der Waals surface area contributed by atoms with Crippen molar-refractivity contribution in [3.63, 3.8) is 0 Å². The van der Waals surface area contributed by atoms with E-state index in [1.165, 1.54) is 6.08 Å². The fourth-order valence-electron chi connectivity index (χ4n) is 2.00. The first-order valence-corrected chi connectivity index (χ1v) is 5.83. The lowest BCUT2D eigenvalue weighted by Gasteiger charge is -2.16. The molecule has 0 aliphatic carbocycles. The molecule has 1 aliphatic rings. The Morgan fingerprint density at radius 1 is 1.44 bits per heavy atom. The number of likely N-dealkylation sites (tertiary alicyclic amines) is 1. The van der Waals surface area contributed by atoms with E-state index in [0.29, 0.717) is 18.7 Å². The third kappa shape index (κ3) is 2.74. The van der Waals surface area contributed by atoms with Crippen molar-refractivity contribution >= 4 is 11.8 Å². The third-order valence-corrected chi connectivity index (χ3v) is 2.93. The number of hydrogen-bond donors (Lipinski definition) is 1. The first-order valence-electron chi connectivity index (χ1n) is 5.83. The third-order valence-electron chi connectivity index (χ3n) is 2.93. The van der Waals surface area contributed by atoms with Crippen molar-refractivity contribution < 1.29 is 9.59 Å². The normalized spacial score (nSPS) is 18.4. The molecule has 1 saturated heterocycles. The molecular weight excluding hydrogens is 230 g/mol. The van der Waals surface area contributed by atoms with Crippen molar-refractivity contribution in [3.05, 3.63) is 42.7 Å². The monoisotopic (exact) mass is 245 g/mol. The van der Waals surface area contributed by atoms with Gasteiger partial charge in [-0.1, -0.05) is 6.58 Å². The summed E-state index contributed by atoms with van der Waals surface area (Å²) in [7, 11) is 0. The Kier molecular flexibility index (Phi) is 3.72. The van der Waals surface area contributed by atoms with Gasteiger partial charge in [-0.15, -0.1) is 0 Å². The van der Waals surface area contributed by atoms with Gasteiger partial charge in [-0.2, -0.15) is 0 Å². The lowest BCUT2D eigenvalue weighted by Crippen LogP contribution is -2.37. The summed E-state index contributed by atoms with van der Waals surface area (Å²) in [4.78, 5) is 28.9. The maximum atomic E-state index is 12.1. The standard InChI is InChI=1S/C13H15N3O2/c1-2-12(17)15-11-5-8-16(9-11)13(18)10-3-6-14-7-4-10/h2-4,6-7,11H,1,5,8-9H2,(H,15,17).